The fraction of sp³-hybridized carbons (Fsp3) is 0.889. The maximum atomic E-state index is 11.3. The number of hydrogen-bond acceptors (Lipinski definition) is 4. The number of nitrogens with one attached hydrogen (secondary N) is 1. The Hall–Kier alpha value is -0.610. The van der Waals surface area contributed by atoms with Crippen LogP contribution in [0, 0.1) is 0 Å². The van der Waals surface area contributed by atoms with Crippen molar-refractivity contribution in [2.45, 2.75) is 44.9 Å². The van der Waals surface area contributed by atoms with Crippen molar-refractivity contribution in [1.82, 2.24) is 5.32 Å². The van der Waals surface area contributed by atoms with Gasteiger partial charge in [0.15, 0.2) is 6.10 Å². The average molecular weight is 187 g/mol. The maximum absolute atomic E-state index is 11.3. The number of carbonyl (C=O) groups is 1. The second kappa shape index (κ2) is 3.64. The van der Waals surface area contributed by atoms with E-state index in [1.807, 2.05) is 0 Å². The first-order chi connectivity index (χ1) is 5.90. The fourth-order valence-corrected chi connectivity index (χ4v) is 1.11. The van der Waals surface area contributed by atoms with E-state index < -0.39 is 17.7 Å². The van der Waals surface area contributed by atoms with Crippen LogP contribution in [0.5, 0.6) is 0 Å². The van der Waals surface area contributed by atoms with Gasteiger partial charge in [0.2, 0.25) is 0 Å². The number of ether oxygens (including phenoxy) is 1. The van der Waals surface area contributed by atoms with E-state index >= 15 is 0 Å². The zero-order valence-corrected chi connectivity index (χ0v) is 8.33. The van der Waals surface area contributed by atoms with Crippen LogP contribution in [0.25, 0.3) is 0 Å². The molecule has 1 aliphatic heterocycles. The second-order valence-electron chi connectivity index (χ2n) is 4.33. The van der Waals surface area contributed by atoms with Crippen LogP contribution >= 0.6 is 0 Å². The Morgan fingerprint density at radius 2 is 2.15 bits per heavy atom. The summed E-state index contributed by atoms with van der Waals surface area (Å²) in [4.78, 5) is 11.3. The van der Waals surface area contributed by atoms with E-state index in [2.05, 4.69) is 5.32 Å². The number of rotatable bonds is 2. The lowest BCUT2D eigenvalue weighted by Gasteiger charge is -2.32. The van der Waals surface area contributed by atoms with Gasteiger partial charge in [-0.15, -0.1) is 0 Å². The van der Waals surface area contributed by atoms with Crippen LogP contribution in [-0.2, 0) is 9.53 Å². The Kier molecular flexibility index (Phi) is 2.93. The van der Waals surface area contributed by atoms with Crippen molar-refractivity contribution >= 4 is 5.97 Å². The molecule has 1 aliphatic rings. The first kappa shape index (κ1) is 10.5. The van der Waals surface area contributed by atoms with Crippen molar-refractivity contribution in [3.63, 3.8) is 0 Å². The lowest BCUT2D eigenvalue weighted by molar-refractivity contribution is -0.167. The normalized spacial score (nSPS) is 24.8. The predicted molar refractivity (Wildman–Crippen MR) is 48.3 cm³/mol. The minimum Gasteiger partial charge on any atom is -0.458 e. The van der Waals surface area contributed by atoms with Crippen molar-refractivity contribution in [3.8, 4) is 0 Å². The van der Waals surface area contributed by atoms with Gasteiger partial charge in [0.1, 0.15) is 5.60 Å². The summed E-state index contributed by atoms with van der Waals surface area (Å²) in [5.74, 6) is -0.537. The molecule has 0 aromatic carbocycles. The highest BCUT2D eigenvalue weighted by atomic mass is 16.6. The van der Waals surface area contributed by atoms with Crippen LogP contribution < -0.4 is 5.32 Å². The number of aliphatic hydroxyl groups is 1. The van der Waals surface area contributed by atoms with Crippen LogP contribution in [0.4, 0.5) is 0 Å². The van der Waals surface area contributed by atoms with E-state index in [-0.39, 0.29) is 6.04 Å². The van der Waals surface area contributed by atoms with E-state index in [9.17, 15) is 9.90 Å². The van der Waals surface area contributed by atoms with E-state index in [1.54, 1.807) is 20.8 Å². The molecule has 76 valence electrons. The summed E-state index contributed by atoms with van der Waals surface area (Å²) in [6.07, 6.45) is -0.187. The third-order valence-corrected chi connectivity index (χ3v) is 1.89. The topological polar surface area (TPSA) is 58.6 Å². The van der Waals surface area contributed by atoms with Crippen LogP contribution in [0.3, 0.4) is 0 Å². The lowest BCUT2D eigenvalue weighted by Crippen LogP contribution is -2.54. The van der Waals surface area contributed by atoms with E-state index in [0.717, 1.165) is 13.0 Å². The summed E-state index contributed by atoms with van der Waals surface area (Å²) in [5.41, 5.74) is -0.526. The van der Waals surface area contributed by atoms with Gasteiger partial charge in [-0.05, 0) is 33.7 Å². The van der Waals surface area contributed by atoms with Crippen molar-refractivity contribution < 1.29 is 14.6 Å². The van der Waals surface area contributed by atoms with Crippen LogP contribution in [0.2, 0.25) is 0 Å². The molecule has 2 N–H and O–H groups in total. The minimum atomic E-state index is -1.02. The first-order valence-corrected chi connectivity index (χ1v) is 4.54. The quantitative estimate of drug-likeness (QED) is 0.600. The van der Waals surface area contributed by atoms with Gasteiger partial charge < -0.3 is 15.2 Å². The minimum absolute atomic E-state index is 0.116. The molecule has 1 unspecified atom stereocenters. The Labute approximate surface area is 78.3 Å². The zero-order valence-electron chi connectivity index (χ0n) is 8.33. The van der Waals surface area contributed by atoms with Gasteiger partial charge in [0, 0.05) is 6.04 Å². The first-order valence-electron chi connectivity index (χ1n) is 4.54. The predicted octanol–water partition coefficient (Wildman–Crippen LogP) is 0.0509. The molecule has 0 amide bonds. The summed E-state index contributed by atoms with van der Waals surface area (Å²) in [6, 6.07) is -0.116. The van der Waals surface area contributed by atoms with Gasteiger partial charge in [-0.25, -0.2) is 4.79 Å². The molecular formula is C9H17NO3. The summed E-state index contributed by atoms with van der Waals surface area (Å²) >= 11 is 0. The number of hydrogen-bond donors (Lipinski definition) is 2. The van der Waals surface area contributed by atoms with E-state index in [4.69, 9.17) is 4.74 Å². The molecule has 2 atom stereocenters. The molecule has 1 saturated heterocycles. The summed E-state index contributed by atoms with van der Waals surface area (Å²) in [7, 11) is 0. The monoisotopic (exact) mass is 187 g/mol. The van der Waals surface area contributed by atoms with Gasteiger partial charge in [-0.1, -0.05) is 0 Å². The van der Waals surface area contributed by atoms with Crippen molar-refractivity contribution in [2.75, 3.05) is 6.54 Å². The Morgan fingerprint density at radius 1 is 1.62 bits per heavy atom. The molecule has 4 nitrogen and oxygen atoms in total. The molecular weight excluding hydrogens is 170 g/mol. The Bertz CT molecular complexity index is 194. The van der Waals surface area contributed by atoms with Crippen LogP contribution in [0.1, 0.15) is 27.2 Å². The maximum Gasteiger partial charge on any atom is 0.337 e. The summed E-state index contributed by atoms with van der Waals surface area (Å²) in [5, 5.41) is 12.4. The molecule has 0 spiro atoms. The highest BCUT2D eigenvalue weighted by Gasteiger charge is 2.33. The van der Waals surface area contributed by atoms with Gasteiger partial charge in [-0.3, -0.25) is 0 Å². The zero-order chi connectivity index (χ0) is 10.1. The fourth-order valence-electron chi connectivity index (χ4n) is 1.11. The second-order valence-corrected chi connectivity index (χ2v) is 4.33. The van der Waals surface area contributed by atoms with Crippen LogP contribution in [-0.4, -0.2) is 35.4 Å². The smallest absolute Gasteiger partial charge is 0.337 e. The standard InChI is InChI=1S/C9H17NO3/c1-9(2,3)13-8(12)7(11)6-4-5-10-6/h6-7,10-11H,4-5H2,1-3H3/t6?,7-/m0/s1. The van der Waals surface area contributed by atoms with Crippen molar-refractivity contribution in [2.24, 2.45) is 0 Å². The molecule has 0 aromatic heterocycles. The third kappa shape index (κ3) is 2.97. The Morgan fingerprint density at radius 3 is 2.46 bits per heavy atom. The van der Waals surface area contributed by atoms with Crippen molar-refractivity contribution in [1.29, 1.82) is 0 Å². The molecule has 0 bridgehead atoms. The molecule has 0 aliphatic carbocycles. The van der Waals surface area contributed by atoms with Gasteiger partial charge in [0.25, 0.3) is 0 Å². The lowest BCUT2D eigenvalue weighted by atomic mass is 10.0. The van der Waals surface area contributed by atoms with Gasteiger partial charge >= 0.3 is 5.97 Å². The molecule has 13 heavy (non-hydrogen) atoms. The largest absolute Gasteiger partial charge is 0.458 e. The van der Waals surface area contributed by atoms with Crippen molar-refractivity contribution in [3.05, 3.63) is 0 Å². The van der Waals surface area contributed by atoms with E-state index in [1.165, 1.54) is 0 Å². The molecule has 0 radical (unpaired) electrons. The average Bonchev–Trinajstić information content (AvgIpc) is 1.78. The molecule has 1 heterocycles. The number of esters is 1. The molecule has 1 rings (SSSR count). The molecule has 4 heteroatoms. The SMILES string of the molecule is CC(C)(C)OC(=O)[C@@H](O)C1CCN1. The highest BCUT2D eigenvalue weighted by molar-refractivity contribution is 5.75. The number of carbonyl (C=O) groups excluding carboxylic acids is 1. The molecule has 0 aromatic rings. The van der Waals surface area contributed by atoms with Gasteiger partial charge in [-0.2, -0.15) is 0 Å². The van der Waals surface area contributed by atoms with Crippen LogP contribution in [0.15, 0.2) is 0 Å². The summed E-state index contributed by atoms with van der Waals surface area (Å²) in [6.45, 7) is 6.22. The third-order valence-electron chi connectivity index (χ3n) is 1.89. The molecule has 0 saturated carbocycles. The Balaban J connectivity index is 2.38. The highest BCUT2D eigenvalue weighted by Crippen LogP contribution is 2.13. The van der Waals surface area contributed by atoms with Gasteiger partial charge in [0.05, 0.1) is 0 Å². The van der Waals surface area contributed by atoms with E-state index in [0.29, 0.717) is 0 Å². The number of aliphatic hydroxyl groups excluding tert-OH is 1. The molecule has 1 fully saturated rings. The summed E-state index contributed by atoms with van der Waals surface area (Å²) < 4.78 is 5.03.